The zero-order valence-corrected chi connectivity index (χ0v) is 16.4. The van der Waals surface area contributed by atoms with Gasteiger partial charge < -0.3 is 10.2 Å². The van der Waals surface area contributed by atoms with E-state index in [-0.39, 0.29) is 11.9 Å². The summed E-state index contributed by atoms with van der Waals surface area (Å²) in [6.45, 7) is 5.55. The third-order valence-electron chi connectivity index (χ3n) is 4.54. The predicted octanol–water partition coefficient (Wildman–Crippen LogP) is 3.86. The third-order valence-corrected chi connectivity index (χ3v) is 4.54. The lowest BCUT2D eigenvalue weighted by Gasteiger charge is -2.27. The van der Waals surface area contributed by atoms with E-state index >= 15 is 0 Å². The lowest BCUT2D eigenvalue weighted by molar-refractivity contribution is 0.0948. The van der Waals surface area contributed by atoms with Gasteiger partial charge in [-0.1, -0.05) is 60.7 Å². The van der Waals surface area contributed by atoms with Crippen molar-refractivity contribution in [1.82, 2.24) is 15.5 Å². The molecule has 0 fully saturated rings. The Labute approximate surface area is 166 Å². The van der Waals surface area contributed by atoms with Gasteiger partial charge in [0.05, 0.1) is 0 Å². The Hall–Kier alpha value is -3.21. The maximum Gasteiger partial charge on any atom is 0.271 e. The Morgan fingerprint density at radius 2 is 1.54 bits per heavy atom. The molecule has 5 heteroatoms. The quantitative estimate of drug-likeness (QED) is 0.650. The fourth-order valence-electron chi connectivity index (χ4n) is 2.96. The molecule has 1 amide bonds. The van der Waals surface area contributed by atoms with Crippen LogP contribution in [0.2, 0.25) is 0 Å². The summed E-state index contributed by atoms with van der Waals surface area (Å²) >= 11 is 0. The highest BCUT2D eigenvalue weighted by atomic mass is 16.1. The van der Waals surface area contributed by atoms with Crippen LogP contribution in [0, 0.1) is 0 Å². The van der Waals surface area contributed by atoms with Crippen molar-refractivity contribution in [2.45, 2.75) is 32.9 Å². The van der Waals surface area contributed by atoms with Gasteiger partial charge in [0, 0.05) is 19.1 Å². The first-order chi connectivity index (χ1) is 13.6. The number of nitrogens with one attached hydrogen (secondary N) is 1. The Bertz CT molecular complexity index is 864. The van der Waals surface area contributed by atoms with Gasteiger partial charge in [0.25, 0.3) is 5.91 Å². The summed E-state index contributed by atoms with van der Waals surface area (Å²) in [6.07, 6.45) is 0.788. The molecule has 3 aromatic rings. The highest BCUT2D eigenvalue weighted by molar-refractivity contribution is 5.92. The van der Waals surface area contributed by atoms with Gasteiger partial charge >= 0.3 is 0 Å². The van der Waals surface area contributed by atoms with Crippen molar-refractivity contribution in [1.29, 1.82) is 0 Å². The molecule has 0 aliphatic carbocycles. The normalized spacial score (nSPS) is 10.7. The standard InChI is InChI=1S/C23H26N4O/c1-18(2)27(17-20-11-7-4-8-12-20)22-14-13-21(25-26-22)23(28)24-16-15-19-9-5-3-6-10-19/h3-14,18H,15-17H2,1-2H3,(H,24,28). The average Bonchev–Trinajstić information content (AvgIpc) is 2.73. The number of anilines is 1. The lowest BCUT2D eigenvalue weighted by Crippen LogP contribution is -2.32. The van der Waals surface area contributed by atoms with Crippen molar-refractivity contribution in [2.24, 2.45) is 0 Å². The smallest absolute Gasteiger partial charge is 0.271 e. The van der Waals surface area contributed by atoms with Crippen molar-refractivity contribution < 1.29 is 4.79 Å². The summed E-state index contributed by atoms with van der Waals surface area (Å²) in [5, 5.41) is 11.3. The maximum absolute atomic E-state index is 12.3. The molecule has 0 spiro atoms. The number of hydrogen-bond donors (Lipinski definition) is 1. The fourth-order valence-corrected chi connectivity index (χ4v) is 2.96. The highest BCUT2D eigenvalue weighted by Gasteiger charge is 2.15. The van der Waals surface area contributed by atoms with Crippen molar-refractivity contribution >= 4 is 11.7 Å². The van der Waals surface area contributed by atoms with Crippen molar-refractivity contribution in [2.75, 3.05) is 11.4 Å². The lowest BCUT2D eigenvalue weighted by atomic mass is 10.1. The minimum absolute atomic E-state index is 0.200. The van der Waals surface area contributed by atoms with Gasteiger partial charge in [-0.3, -0.25) is 4.79 Å². The second-order valence-electron chi connectivity index (χ2n) is 6.98. The first kappa shape index (κ1) is 19.5. The summed E-state index contributed by atoms with van der Waals surface area (Å²) in [7, 11) is 0. The van der Waals surface area contributed by atoms with E-state index in [9.17, 15) is 4.79 Å². The predicted molar refractivity (Wildman–Crippen MR) is 112 cm³/mol. The highest BCUT2D eigenvalue weighted by Crippen LogP contribution is 2.17. The largest absolute Gasteiger partial charge is 0.350 e. The van der Waals surface area contributed by atoms with Gasteiger partial charge in [0.2, 0.25) is 0 Å². The SMILES string of the molecule is CC(C)N(Cc1ccccc1)c1ccc(C(=O)NCCc2ccccc2)nn1. The molecule has 0 aliphatic rings. The molecular formula is C23H26N4O. The van der Waals surface area contributed by atoms with Crippen LogP contribution in [-0.4, -0.2) is 28.7 Å². The van der Waals surface area contributed by atoms with Gasteiger partial charge in [-0.2, -0.15) is 0 Å². The van der Waals surface area contributed by atoms with E-state index in [0.717, 1.165) is 18.8 Å². The second-order valence-corrected chi connectivity index (χ2v) is 6.98. The molecule has 1 heterocycles. The molecule has 5 nitrogen and oxygen atoms in total. The van der Waals surface area contributed by atoms with E-state index in [2.05, 4.69) is 46.4 Å². The maximum atomic E-state index is 12.3. The summed E-state index contributed by atoms with van der Waals surface area (Å²) in [6, 6.07) is 24.2. The van der Waals surface area contributed by atoms with Crippen LogP contribution < -0.4 is 10.2 Å². The molecule has 0 saturated carbocycles. The van der Waals surface area contributed by atoms with E-state index in [1.165, 1.54) is 11.1 Å². The molecule has 0 unspecified atom stereocenters. The van der Waals surface area contributed by atoms with Gasteiger partial charge in [-0.25, -0.2) is 0 Å². The second kappa shape index (κ2) is 9.65. The van der Waals surface area contributed by atoms with Crippen LogP contribution in [-0.2, 0) is 13.0 Å². The number of aromatic nitrogens is 2. The number of amides is 1. The van der Waals surface area contributed by atoms with E-state index in [1.807, 2.05) is 54.6 Å². The average molecular weight is 374 g/mol. The van der Waals surface area contributed by atoms with Crippen LogP contribution in [0.1, 0.15) is 35.5 Å². The molecule has 0 saturated heterocycles. The fraction of sp³-hybridized carbons (Fsp3) is 0.261. The molecule has 2 aromatic carbocycles. The monoisotopic (exact) mass is 374 g/mol. The molecule has 0 bridgehead atoms. The Morgan fingerprint density at radius 1 is 0.893 bits per heavy atom. The van der Waals surface area contributed by atoms with E-state index in [0.29, 0.717) is 12.2 Å². The molecule has 0 radical (unpaired) electrons. The van der Waals surface area contributed by atoms with Crippen LogP contribution in [0.25, 0.3) is 0 Å². The zero-order valence-electron chi connectivity index (χ0n) is 16.4. The van der Waals surface area contributed by atoms with Gasteiger partial charge in [0.1, 0.15) is 0 Å². The molecular weight excluding hydrogens is 348 g/mol. The molecule has 144 valence electrons. The van der Waals surface area contributed by atoms with Crippen LogP contribution in [0.4, 0.5) is 5.82 Å². The van der Waals surface area contributed by atoms with E-state index in [1.54, 1.807) is 6.07 Å². The third kappa shape index (κ3) is 5.39. The number of carbonyl (C=O) groups is 1. The molecule has 1 N–H and O–H groups in total. The zero-order chi connectivity index (χ0) is 19.8. The summed E-state index contributed by atoms with van der Waals surface area (Å²) in [5.74, 6) is 0.564. The summed E-state index contributed by atoms with van der Waals surface area (Å²) in [4.78, 5) is 14.5. The van der Waals surface area contributed by atoms with Crippen LogP contribution in [0.5, 0.6) is 0 Å². The number of carbonyl (C=O) groups excluding carboxylic acids is 1. The molecule has 3 rings (SSSR count). The van der Waals surface area contributed by atoms with Gasteiger partial charge in [-0.05, 0) is 43.5 Å². The molecule has 28 heavy (non-hydrogen) atoms. The van der Waals surface area contributed by atoms with Gasteiger partial charge in [0.15, 0.2) is 11.5 Å². The molecule has 0 aliphatic heterocycles. The number of hydrogen-bond acceptors (Lipinski definition) is 4. The molecule has 0 atom stereocenters. The Kier molecular flexibility index (Phi) is 6.73. The number of rotatable bonds is 8. The van der Waals surface area contributed by atoms with Crippen molar-refractivity contribution in [3.8, 4) is 0 Å². The number of nitrogens with zero attached hydrogens (tertiary/aromatic N) is 3. The van der Waals surface area contributed by atoms with Crippen molar-refractivity contribution in [3.05, 3.63) is 89.6 Å². The summed E-state index contributed by atoms with van der Waals surface area (Å²) < 4.78 is 0. The van der Waals surface area contributed by atoms with Crippen molar-refractivity contribution in [3.63, 3.8) is 0 Å². The summed E-state index contributed by atoms with van der Waals surface area (Å²) in [5.41, 5.74) is 2.73. The van der Waals surface area contributed by atoms with Crippen LogP contribution >= 0.6 is 0 Å². The first-order valence-electron chi connectivity index (χ1n) is 9.60. The number of benzene rings is 2. The minimum Gasteiger partial charge on any atom is -0.350 e. The van der Waals surface area contributed by atoms with E-state index in [4.69, 9.17) is 0 Å². The minimum atomic E-state index is -0.200. The van der Waals surface area contributed by atoms with Gasteiger partial charge in [-0.15, -0.1) is 10.2 Å². The van der Waals surface area contributed by atoms with Crippen LogP contribution in [0.15, 0.2) is 72.8 Å². The van der Waals surface area contributed by atoms with E-state index < -0.39 is 0 Å². The Balaban J connectivity index is 1.60. The Morgan fingerprint density at radius 3 is 2.11 bits per heavy atom. The molecule has 1 aromatic heterocycles. The topological polar surface area (TPSA) is 58.1 Å². The van der Waals surface area contributed by atoms with Crippen LogP contribution in [0.3, 0.4) is 0 Å². The first-order valence-corrected chi connectivity index (χ1v) is 9.60.